The highest BCUT2D eigenvalue weighted by atomic mass is 16.5. The van der Waals surface area contributed by atoms with E-state index >= 15 is 0 Å². The Kier molecular flexibility index (Phi) is 6.69. The summed E-state index contributed by atoms with van der Waals surface area (Å²) in [7, 11) is 1.59. The molecular formula is C15H17NO4. The molecule has 1 amide bonds. The molecule has 0 bridgehead atoms. The van der Waals surface area contributed by atoms with Gasteiger partial charge in [0, 0.05) is 6.42 Å². The summed E-state index contributed by atoms with van der Waals surface area (Å²) in [4.78, 5) is 22.6. The van der Waals surface area contributed by atoms with Crippen LogP contribution in [0.5, 0.6) is 5.75 Å². The van der Waals surface area contributed by atoms with E-state index in [0.717, 1.165) is 11.3 Å². The molecular weight excluding hydrogens is 258 g/mol. The van der Waals surface area contributed by atoms with Gasteiger partial charge in [0.1, 0.15) is 5.75 Å². The smallest absolute Gasteiger partial charge is 0.306 e. The van der Waals surface area contributed by atoms with Gasteiger partial charge in [-0.25, -0.2) is 0 Å². The molecule has 0 aliphatic rings. The molecule has 1 N–H and O–H groups in total. The lowest BCUT2D eigenvalue weighted by Gasteiger charge is -2.05. The summed E-state index contributed by atoms with van der Waals surface area (Å²) in [5, 5.41) is 2.41. The highest BCUT2D eigenvalue weighted by Gasteiger charge is 2.07. The minimum absolute atomic E-state index is 0.127. The third kappa shape index (κ3) is 5.91. The van der Waals surface area contributed by atoms with Crippen LogP contribution in [0.4, 0.5) is 0 Å². The Morgan fingerprint density at radius 3 is 2.60 bits per heavy atom. The Balaban J connectivity index is 2.25. The summed E-state index contributed by atoms with van der Waals surface area (Å²) < 4.78 is 9.87. The zero-order valence-electron chi connectivity index (χ0n) is 11.3. The second-order valence-electron chi connectivity index (χ2n) is 3.99. The molecule has 0 atom stereocenters. The van der Waals surface area contributed by atoms with Gasteiger partial charge in [-0.05, 0) is 24.1 Å². The third-order valence-electron chi connectivity index (χ3n) is 2.53. The number of methoxy groups -OCH3 is 1. The zero-order valence-corrected chi connectivity index (χ0v) is 11.3. The van der Waals surface area contributed by atoms with Crippen molar-refractivity contribution in [3.05, 3.63) is 29.8 Å². The van der Waals surface area contributed by atoms with Gasteiger partial charge in [-0.15, -0.1) is 6.42 Å². The van der Waals surface area contributed by atoms with Gasteiger partial charge < -0.3 is 14.8 Å². The van der Waals surface area contributed by atoms with Crippen LogP contribution in [0.3, 0.4) is 0 Å². The monoisotopic (exact) mass is 275 g/mol. The van der Waals surface area contributed by atoms with Crippen molar-refractivity contribution in [3.63, 3.8) is 0 Å². The van der Waals surface area contributed by atoms with Crippen molar-refractivity contribution in [1.82, 2.24) is 5.32 Å². The number of aryl methyl sites for hydroxylation is 1. The van der Waals surface area contributed by atoms with Crippen molar-refractivity contribution < 1.29 is 19.1 Å². The molecule has 0 radical (unpaired) electrons. The van der Waals surface area contributed by atoms with E-state index in [-0.39, 0.29) is 19.6 Å². The largest absolute Gasteiger partial charge is 0.497 e. The number of amides is 1. The molecule has 20 heavy (non-hydrogen) atoms. The van der Waals surface area contributed by atoms with E-state index in [1.807, 2.05) is 24.3 Å². The van der Waals surface area contributed by atoms with E-state index in [0.29, 0.717) is 6.42 Å². The summed E-state index contributed by atoms with van der Waals surface area (Å²) in [6.07, 6.45) is 5.75. The molecule has 1 aromatic carbocycles. The minimum Gasteiger partial charge on any atom is -0.497 e. The first kappa shape index (κ1) is 15.6. The lowest BCUT2D eigenvalue weighted by atomic mass is 10.1. The Morgan fingerprint density at radius 2 is 2.00 bits per heavy atom. The zero-order chi connectivity index (χ0) is 14.8. The van der Waals surface area contributed by atoms with Gasteiger partial charge in [-0.3, -0.25) is 9.59 Å². The summed E-state index contributed by atoms with van der Waals surface area (Å²) in [5.41, 5.74) is 1.000. The number of ether oxygens (including phenoxy) is 2. The first-order valence-electron chi connectivity index (χ1n) is 6.14. The molecule has 0 heterocycles. The normalized spacial score (nSPS) is 9.40. The standard InChI is InChI=1S/C15H17NO4/c1-3-10-16-14(17)11-20-15(18)9-6-12-4-7-13(19-2)8-5-12/h1,4-5,7-8H,6,9-11H2,2H3,(H,16,17). The second-order valence-corrected chi connectivity index (χ2v) is 3.99. The molecule has 5 heteroatoms. The molecule has 1 rings (SSSR count). The van der Waals surface area contributed by atoms with E-state index < -0.39 is 11.9 Å². The lowest BCUT2D eigenvalue weighted by Crippen LogP contribution is -2.29. The van der Waals surface area contributed by atoms with Crippen LogP contribution in [0.25, 0.3) is 0 Å². The van der Waals surface area contributed by atoms with Gasteiger partial charge in [0.25, 0.3) is 5.91 Å². The van der Waals surface area contributed by atoms with Crippen LogP contribution in [-0.4, -0.2) is 32.1 Å². The fourth-order valence-corrected chi connectivity index (χ4v) is 1.46. The average molecular weight is 275 g/mol. The molecule has 0 fully saturated rings. The van der Waals surface area contributed by atoms with Crippen molar-refractivity contribution in [3.8, 4) is 18.1 Å². The Labute approximate surface area is 118 Å². The number of carbonyl (C=O) groups is 2. The van der Waals surface area contributed by atoms with Crippen LogP contribution in [0, 0.1) is 12.3 Å². The first-order chi connectivity index (χ1) is 9.65. The number of esters is 1. The van der Waals surface area contributed by atoms with E-state index in [2.05, 4.69) is 11.2 Å². The van der Waals surface area contributed by atoms with Crippen LogP contribution in [0.15, 0.2) is 24.3 Å². The minimum atomic E-state index is -0.420. The number of carbonyl (C=O) groups excluding carboxylic acids is 2. The van der Waals surface area contributed by atoms with Crippen molar-refractivity contribution in [2.24, 2.45) is 0 Å². The Bertz CT molecular complexity index is 488. The first-order valence-corrected chi connectivity index (χ1v) is 6.14. The number of nitrogens with one attached hydrogen (secondary N) is 1. The van der Waals surface area contributed by atoms with Crippen LogP contribution >= 0.6 is 0 Å². The maximum absolute atomic E-state index is 11.5. The fourth-order valence-electron chi connectivity index (χ4n) is 1.46. The second kappa shape index (κ2) is 8.59. The fraction of sp³-hybridized carbons (Fsp3) is 0.333. The van der Waals surface area contributed by atoms with Crippen LogP contribution < -0.4 is 10.1 Å². The molecule has 0 unspecified atom stereocenters. The summed E-state index contributed by atoms with van der Waals surface area (Å²) >= 11 is 0. The predicted molar refractivity (Wildman–Crippen MR) is 74.1 cm³/mol. The summed E-state index contributed by atoms with van der Waals surface area (Å²) in [5.74, 6) is 2.20. The highest BCUT2D eigenvalue weighted by molar-refractivity contribution is 5.80. The molecule has 0 aromatic heterocycles. The predicted octanol–water partition coefficient (Wildman–Crippen LogP) is 0.920. The Hall–Kier alpha value is -2.48. The number of hydrogen-bond acceptors (Lipinski definition) is 4. The molecule has 1 aromatic rings. The Morgan fingerprint density at radius 1 is 1.30 bits per heavy atom. The molecule has 0 aliphatic heterocycles. The van der Waals surface area contributed by atoms with Crippen LogP contribution in [0.1, 0.15) is 12.0 Å². The van der Waals surface area contributed by atoms with Crippen molar-refractivity contribution in [1.29, 1.82) is 0 Å². The highest BCUT2D eigenvalue weighted by Crippen LogP contribution is 2.12. The lowest BCUT2D eigenvalue weighted by molar-refractivity contribution is -0.148. The van der Waals surface area contributed by atoms with Crippen molar-refractivity contribution >= 4 is 11.9 Å². The summed E-state index contributed by atoms with van der Waals surface area (Å²) in [6.45, 7) is -0.175. The van der Waals surface area contributed by atoms with E-state index in [4.69, 9.17) is 15.9 Å². The van der Waals surface area contributed by atoms with Gasteiger partial charge in [-0.2, -0.15) is 0 Å². The molecule has 0 saturated heterocycles. The molecule has 0 saturated carbocycles. The van der Waals surface area contributed by atoms with E-state index in [1.165, 1.54) is 0 Å². The number of rotatable bonds is 7. The van der Waals surface area contributed by atoms with E-state index in [1.54, 1.807) is 7.11 Å². The van der Waals surface area contributed by atoms with Gasteiger partial charge in [0.15, 0.2) is 6.61 Å². The third-order valence-corrected chi connectivity index (χ3v) is 2.53. The maximum atomic E-state index is 11.5. The SMILES string of the molecule is C#CCNC(=O)COC(=O)CCc1ccc(OC)cc1. The van der Waals surface area contributed by atoms with Gasteiger partial charge in [0.05, 0.1) is 13.7 Å². The summed E-state index contributed by atoms with van der Waals surface area (Å²) in [6, 6.07) is 7.42. The quantitative estimate of drug-likeness (QED) is 0.593. The van der Waals surface area contributed by atoms with Crippen LogP contribution in [-0.2, 0) is 20.7 Å². The van der Waals surface area contributed by atoms with Gasteiger partial charge >= 0.3 is 5.97 Å². The average Bonchev–Trinajstić information content (AvgIpc) is 2.49. The van der Waals surface area contributed by atoms with Crippen molar-refractivity contribution in [2.45, 2.75) is 12.8 Å². The number of hydrogen-bond donors (Lipinski definition) is 1. The van der Waals surface area contributed by atoms with Gasteiger partial charge in [0.2, 0.25) is 0 Å². The van der Waals surface area contributed by atoms with E-state index in [9.17, 15) is 9.59 Å². The molecule has 0 spiro atoms. The number of benzene rings is 1. The molecule has 106 valence electrons. The van der Waals surface area contributed by atoms with Crippen LogP contribution in [0.2, 0.25) is 0 Å². The molecule has 5 nitrogen and oxygen atoms in total. The molecule has 0 aliphatic carbocycles. The maximum Gasteiger partial charge on any atom is 0.306 e. The number of terminal acetylenes is 1. The van der Waals surface area contributed by atoms with Gasteiger partial charge in [-0.1, -0.05) is 18.1 Å². The topological polar surface area (TPSA) is 64.6 Å². The van der Waals surface area contributed by atoms with Crippen molar-refractivity contribution in [2.75, 3.05) is 20.3 Å².